The molecule has 112 valence electrons. The van der Waals surface area contributed by atoms with Gasteiger partial charge in [0.25, 0.3) is 0 Å². The highest BCUT2D eigenvalue weighted by atomic mass is 19.1. The van der Waals surface area contributed by atoms with Crippen LogP contribution < -0.4 is 10.2 Å². The summed E-state index contributed by atoms with van der Waals surface area (Å²) in [5.74, 6) is 0.158. The summed E-state index contributed by atoms with van der Waals surface area (Å²) in [4.78, 5) is 6.09. The van der Waals surface area contributed by atoms with Gasteiger partial charge in [-0.25, -0.2) is 9.37 Å². The van der Waals surface area contributed by atoms with Gasteiger partial charge in [-0.15, -0.1) is 0 Å². The zero-order valence-corrected chi connectivity index (χ0v) is 12.5. The molecule has 5 heteroatoms. The molecule has 4 nitrogen and oxygen atoms in total. The molecule has 0 unspecified atom stereocenters. The molecule has 0 saturated carbocycles. The molecule has 1 saturated heterocycles. The third kappa shape index (κ3) is 3.90. The van der Waals surface area contributed by atoms with Crippen LogP contribution in [0.2, 0.25) is 0 Å². The van der Waals surface area contributed by atoms with E-state index in [9.17, 15) is 9.50 Å². The molecular weight excluding hydrogens is 257 g/mol. The number of anilines is 1. The van der Waals surface area contributed by atoms with Crippen LogP contribution in [-0.2, 0) is 6.54 Å². The van der Waals surface area contributed by atoms with E-state index in [-0.39, 0.29) is 17.5 Å². The molecule has 0 aromatic carbocycles. The number of piperidine rings is 1. The molecule has 1 aliphatic rings. The number of aromatic nitrogens is 1. The lowest BCUT2D eigenvalue weighted by Crippen LogP contribution is -2.38. The van der Waals surface area contributed by atoms with Crippen molar-refractivity contribution >= 4 is 5.82 Å². The lowest BCUT2D eigenvalue weighted by Gasteiger charge is -2.31. The molecule has 0 radical (unpaired) electrons. The van der Waals surface area contributed by atoms with Gasteiger partial charge in [-0.05, 0) is 39.7 Å². The zero-order chi connectivity index (χ0) is 14.8. The number of nitrogens with one attached hydrogen (secondary N) is 1. The van der Waals surface area contributed by atoms with Gasteiger partial charge in [0, 0.05) is 36.9 Å². The minimum absolute atomic E-state index is 0.0505. The molecule has 0 spiro atoms. The number of halogens is 1. The summed E-state index contributed by atoms with van der Waals surface area (Å²) in [6, 6.07) is 1.72. The molecule has 20 heavy (non-hydrogen) atoms. The minimum Gasteiger partial charge on any atom is -0.393 e. The van der Waals surface area contributed by atoms with E-state index in [1.165, 1.54) is 0 Å². The first-order valence-electron chi connectivity index (χ1n) is 7.18. The van der Waals surface area contributed by atoms with Crippen LogP contribution in [-0.4, -0.2) is 34.8 Å². The van der Waals surface area contributed by atoms with Gasteiger partial charge >= 0.3 is 0 Å². The maximum atomic E-state index is 14.5. The predicted octanol–water partition coefficient (Wildman–Crippen LogP) is 2.07. The number of nitrogens with zero attached hydrogens (tertiary/aromatic N) is 2. The quantitative estimate of drug-likeness (QED) is 0.890. The van der Waals surface area contributed by atoms with Gasteiger partial charge in [-0.1, -0.05) is 0 Å². The summed E-state index contributed by atoms with van der Waals surface area (Å²) in [5, 5.41) is 12.8. The van der Waals surface area contributed by atoms with Gasteiger partial charge < -0.3 is 15.3 Å². The van der Waals surface area contributed by atoms with Crippen molar-refractivity contribution < 1.29 is 9.50 Å². The van der Waals surface area contributed by atoms with Crippen LogP contribution in [0.25, 0.3) is 0 Å². The summed E-state index contributed by atoms with van der Waals surface area (Å²) in [6.07, 6.45) is 2.74. The van der Waals surface area contributed by atoms with Crippen LogP contribution in [0.3, 0.4) is 0 Å². The fraction of sp³-hybridized carbons (Fsp3) is 0.667. The Kier molecular flexibility index (Phi) is 4.60. The van der Waals surface area contributed by atoms with Crippen molar-refractivity contribution in [3.8, 4) is 0 Å². The van der Waals surface area contributed by atoms with E-state index >= 15 is 0 Å². The number of rotatable bonds is 3. The van der Waals surface area contributed by atoms with Crippen LogP contribution in [0.1, 0.15) is 39.2 Å². The van der Waals surface area contributed by atoms with Crippen LogP contribution in [0, 0.1) is 5.82 Å². The molecular formula is C15H24FN3O. The molecule has 2 rings (SSSR count). The zero-order valence-electron chi connectivity index (χ0n) is 12.5. The fourth-order valence-corrected chi connectivity index (χ4v) is 2.27. The Labute approximate surface area is 120 Å². The van der Waals surface area contributed by atoms with Gasteiger partial charge in [0.15, 0.2) is 11.6 Å². The van der Waals surface area contributed by atoms with Crippen molar-refractivity contribution in [3.63, 3.8) is 0 Å². The van der Waals surface area contributed by atoms with E-state index in [4.69, 9.17) is 0 Å². The Morgan fingerprint density at radius 2 is 2.05 bits per heavy atom. The summed E-state index contributed by atoms with van der Waals surface area (Å²) >= 11 is 0. The van der Waals surface area contributed by atoms with Gasteiger partial charge in [-0.2, -0.15) is 0 Å². The number of aliphatic hydroxyl groups is 1. The van der Waals surface area contributed by atoms with Crippen molar-refractivity contribution in [2.24, 2.45) is 0 Å². The lowest BCUT2D eigenvalue weighted by atomic mass is 10.1. The first-order chi connectivity index (χ1) is 9.37. The van der Waals surface area contributed by atoms with Crippen LogP contribution in [0.5, 0.6) is 0 Å². The van der Waals surface area contributed by atoms with E-state index in [0.29, 0.717) is 43.9 Å². The standard InChI is InChI=1S/C15H24FN3O/c1-15(2,3)18-10-11-4-7-17-14(13(11)16)19-8-5-12(20)6-9-19/h4,7,12,18,20H,5-6,8-10H2,1-3H3. The molecule has 2 N–H and O–H groups in total. The molecule has 1 aromatic heterocycles. The third-order valence-electron chi connectivity index (χ3n) is 3.52. The van der Waals surface area contributed by atoms with Crippen LogP contribution >= 0.6 is 0 Å². The molecule has 1 fully saturated rings. The normalized spacial score (nSPS) is 17.6. The number of pyridine rings is 1. The Morgan fingerprint density at radius 1 is 1.40 bits per heavy atom. The highest BCUT2D eigenvalue weighted by molar-refractivity contribution is 5.43. The largest absolute Gasteiger partial charge is 0.393 e. The van der Waals surface area contributed by atoms with E-state index in [0.717, 1.165) is 0 Å². The number of aliphatic hydroxyl groups excluding tert-OH is 1. The van der Waals surface area contributed by atoms with Crippen molar-refractivity contribution in [1.82, 2.24) is 10.3 Å². The van der Waals surface area contributed by atoms with Crippen molar-refractivity contribution in [2.45, 2.75) is 51.8 Å². The highest BCUT2D eigenvalue weighted by Crippen LogP contribution is 2.23. The molecule has 1 aliphatic heterocycles. The first-order valence-corrected chi connectivity index (χ1v) is 7.18. The number of hydrogen-bond donors (Lipinski definition) is 2. The SMILES string of the molecule is CC(C)(C)NCc1ccnc(N2CCC(O)CC2)c1F. The van der Waals surface area contributed by atoms with Gasteiger partial charge in [-0.3, -0.25) is 0 Å². The first kappa shape index (κ1) is 15.2. The second kappa shape index (κ2) is 6.06. The molecule has 1 aromatic rings. The van der Waals surface area contributed by atoms with Crippen LogP contribution in [0.4, 0.5) is 10.2 Å². The maximum Gasteiger partial charge on any atom is 0.170 e. The highest BCUT2D eigenvalue weighted by Gasteiger charge is 2.22. The van der Waals surface area contributed by atoms with Crippen molar-refractivity contribution in [1.29, 1.82) is 0 Å². The Balaban J connectivity index is 2.11. The topological polar surface area (TPSA) is 48.4 Å². The van der Waals surface area contributed by atoms with Gasteiger partial charge in [0.2, 0.25) is 0 Å². The summed E-state index contributed by atoms with van der Waals surface area (Å²) < 4.78 is 14.5. The minimum atomic E-state index is -0.264. The molecule has 0 amide bonds. The van der Waals surface area contributed by atoms with E-state index in [1.807, 2.05) is 4.90 Å². The van der Waals surface area contributed by atoms with E-state index in [2.05, 4.69) is 31.1 Å². The summed E-state index contributed by atoms with van der Waals surface area (Å²) in [6.45, 7) is 7.96. The van der Waals surface area contributed by atoms with Crippen molar-refractivity contribution in [3.05, 3.63) is 23.6 Å². The van der Waals surface area contributed by atoms with E-state index < -0.39 is 0 Å². The monoisotopic (exact) mass is 281 g/mol. The van der Waals surface area contributed by atoms with Crippen LogP contribution in [0.15, 0.2) is 12.3 Å². The second-order valence-electron chi connectivity index (χ2n) is 6.43. The Morgan fingerprint density at radius 3 is 2.65 bits per heavy atom. The smallest absolute Gasteiger partial charge is 0.170 e. The lowest BCUT2D eigenvalue weighted by molar-refractivity contribution is 0.145. The average molecular weight is 281 g/mol. The molecule has 2 heterocycles. The third-order valence-corrected chi connectivity index (χ3v) is 3.52. The fourth-order valence-electron chi connectivity index (χ4n) is 2.27. The van der Waals surface area contributed by atoms with Gasteiger partial charge in [0.05, 0.1) is 6.10 Å². The maximum absolute atomic E-state index is 14.5. The summed E-state index contributed by atoms with van der Waals surface area (Å²) in [5.41, 5.74) is 0.585. The Bertz CT molecular complexity index is 451. The predicted molar refractivity (Wildman–Crippen MR) is 78.2 cm³/mol. The van der Waals surface area contributed by atoms with Gasteiger partial charge in [0.1, 0.15) is 0 Å². The molecule has 0 aliphatic carbocycles. The Hall–Kier alpha value is -1.20. The van der Waals surface area contributed by atoms with E-state index in [1.54, 1.807) is 12.3 Å². The average Bonchev–Trinajstić information content (AvgIpc) is 2.38. The van der Waals surface area contributed by atoms with Crippen molar-refractivity contribution in [2.75, 3.05) is 18.0 Å². The number of hydrogen-bond acceptors (Lipinski definition) is 4. The summed E-state index contributed by atoms with van der Waals surface area (Å²) in [7, 11) is 0. The second-order valence-corrected chi connectivity index (χ2v) is 6.43. The molecule has 0 atom stereocenters. The molecule has 0 bridgehead atoms.